The average molecular weight is 289 g/mol. The number of methoxy groups -OCH3 is 1. The standard InChI is InChI=1S/C15H19N3O3/c1-11(14(19)18-10-13-6-4-8-21-13)17-9-12-5-3-7-16-15(12)20-2/h3-8,11,17H,9-10H2,1-2H3,(H,18,19). The summed E-state index contributed by atoms with van der Waals surface area (Å²) >= 11 is 0. The topological polar surface area (TPSA) is 76.4 Å². The molecule has 0 saturated carbocycles. The van der Waals surface area contributed by atoms with Gasteiger partial charge in [0.2, 0.25) is 11.8 Å². The Hall–Kier alpha value is -2.34. The van der Waals surface area contributed by atoms with E-state index in [0.29, 0.717) is 19.0 Å². The van der Waals surface area contributed by atoms with Crippen LogP contribution in [0, 0.1) is 0 Å². The largest absolute Gasteiger partial charge is 0.481 e. The number of carbonyl (C=O) groups excluding carboxylic acids is 1. The van der Waals surface area contributed by atoms with Crippen molar-refractivity contribution in [3.63, 3.8) is 0 Å². The van der Waals surface area contributed by atoms with Crippen LogP contribution in [-0.2, 0) is 17.9 Å². The van der Waals surface area contributed by atoms with E-state index in [9.17, 15) is 4.79 Å². The highest BCUT2D eigenvalue weighted by Gasteiger charge is 2.13. The lowest BCUT2D eigenvalue weighted by molar-refractivity contribution is -0.123. The highest BCUT2D eigenvalue weighted by atomic mass is 16.5. The van der Waals surface area contributed by atoms with E-state index in [-0.39, 0.29) is 11.9 Å². The summed E-state index contributed by atoms with van der Waals surface area (Å²) in [5.74, 6) is 1.20. The summed E-state index contributed by atoms with van der Waals surface area (Å²) in [7, 11) is 1.57. The number of carbonyl (C=O) groups is 1. The van der Waals surface area contributed by atoms with Crippen molar-refractivity contribution in [1.82, 2.24) is 15.6 Å². The lowest BCUT2D eigenvalue weighted by Crippen LogP contribution is -2.41. The van der Waals surface area contributed by atoms with Crippen molar-refractivity contribution in [2.75, 3.05) is 7.11 Å². The Kier molecular flexibility index (Phi) is 5.34. The molecule has 2 aromatic heterocycles. The maximum absolute atomic E-state index is 12.0. The molecule has 0 aromatic carbocycles. The zero-order valence-electron chi connectivity index (χ0n) is 12.1. The van der Waals surface area contributed by atoms with Crippen molar-refractivity contribution in [3.05, 3.63) is 48.0 Å². The first-order chi connectivity index (χ1) is 10.2. The van der Waals surface area contributed by atoms with Gasteiger partial charge in [-0.05, 0) is 25.1 Å². The van der Waals surface area contributed by atoms with Crippen LogP contribution in [-0.4, -0.2) is 24.0 Å². The molecule has 0 bridgehead atoms. The molecule has 1 atom stereocenters. The van der Waals surface area contributed by atoms with Crippen LogP contribution in [0.2, 0.25) is 0 Å². The first kappa shape index (κ1) is 15.1. The van der Waals surface area contributed by atoms with Crippen molar-refractivity contribution in [1.29, 1.82) is 0 Å². The number of pyridine rings is 1. The second-order valence-corrected chi connectivity index (χ2v) is 4.57. The van der Waals surface area contributed by atoms with Gasteiger partial charge in [-0.25, -0.2) is 4.98 Å². The van der Waals surface area contributed by atoms with E-state index in [1.54, 1.807) is 32.6 Å². The molecule has 2 aromatic rings. The van der Waals surface area contributed by atoms with E-state index in [1.165, 1.54) is 0 Å². The van der Waals surface area contributed by atoms with Crippen LogP contribution in [0.5, 0.6) is 5.88 Å². The third-order valence-electron chi connectivity index (χ3n) is 3.05. The van der Waals surface area contributed by atoms with E-state index < -0.39 is 0 Å². The Morgan fingerprint density at radius 1 is 1.38 bits per heavy atom. The molecule has 6 heteroatoms. The number of aromatic nitrogens is 1. The molecule has 2 heterocycles. The summed E-state index contributed by atoms with van der Waals surface area (Å²) in [5, 5.41) is 5.95. The minimum Gasteiger partial charge on any atom is -0.481 e. The molecule has 112 valence electrons. The predicted octanol–water partition coefficient (Wildman–Crippen LogP) is 1.48. The summed E-state index contributed by atoms with van der Waals surface area (Å²) in [4.78, 5) is 16.1. The number of hydrogen-bond acceptors (Lipinski definition) is 5. The Morgan fingerprint density at radius 3 is 2.95 bits per heavy atom. The van der Waals surface area contributed by atoms with Crippen LogP contribution in [0.3, 0.4) is 0 Å². The summed E-state index contributed by atoms with van der Waals surface area (Å²) in [6.45, 7) is 2.70. The Bertz CT molecular complexity index is 569. The van der Waals surface area contributed by atoms with Gasteiger partial charge in [0.1, 0.15) is 5.76 Å². The van der Waals surface area contributed by atoms with Gasteiger partial charge >= 0.3 is 0 Å². The quantitative estimate of drug-likeness (QED) is 0.807. The fraction of sp³-hybridized carbons (Fsp3) is 0.333. The van der Waals surface area contributed by atoms with Gasteiger partial charge in [0, 0.05) is 18.3 Å². The maximum atomic E-state index is 12.0. The third-order valence-corrected chi connectivity index (χ3v) is 3.05. The second-order valence-electron chi connectivity index (χ2n) is 4.57. The Morgan fingerprint density at radius 2 is 2.24 bits per heavy atom. The number of rotatable bonds is 7. The lowest BCUT2D eigenvalue weighted by Gasteiger charge is -2.14. The molecule has 0 aliphatic heterocycles. The van der Waals surface area contributed by atoms with Crippen LogP contribution in [0.1, 0.15) is 18.2 Å². The van der Waals surface area contributed by atoms with Crippen molar-refractivity contribution < 1.29 is 13.9 Å². The predicted molar refractivity (Wildman–Crippen MR) is 77.6 cm³/mol. The molecule has 0 spiro atoms. The Labute approximate surface area is 123 Å². The number of nitrogens with one attached hydrogen (secondary N) is 2. The van der Waals surface area contributed by atoms with Crippen LogP contribution >= 0.6 is 0 Å². The van der Waals surface area contributed by atoms with Gasteiger partial charge < -0.3 is 19.8 Å². The lowest BCUT2D eigenvalue weighted by atomic mass is 10.2. The molecule has 0 radical (unpaired) electrons. The highest BCUT2D eigenvalue weighted by molar-refractivity contribution is 5.81. The number of amides is 1. The molecular formula is C15H19N3O3. The Balaban J connectivity index is 1.80. The number of nitrogens with zero attached hydrogens (tertiary/aromatic N) is 1. The first-order valence-corrected chi connectivity index (χ1v) is 6.72. The van der Waals surface area contributed by atoms with Crippen LogP contribution in [0.15, 0.2) is 41.1 Å². The molecule has 0 aliphatic rings. The second kappa shape index (κ2) is 7.44. The number of hydrogen-bond donors (Lipinski definition) is 2. The normalized spacial score (nSPS) is 11.9. The van der Waals surface area contributed by atoms with Crippen LogP contribution in [0.25, 0.3) is 0 Å². The molecule has 2 N–H and O–H groups in total. The van der Waals surface area contributed by atoms with Crippen LogP contribution < -0.4 is 15.4 Å². The van der Waals surface area contributed by atoms with E-state index in [2.05, 4.69) is 15.6 Å². The van der Waals surface area contributed by atoms with E-state index in [4.69, 9.17) is 9.15 Å². The molecule has 0 saturated heterocycles. The molecule has 1 unspecified atom stereocenters. The van der Waals surface area contributed by atoms with E-state index in [1.807, 2.05) is 18.2 Å². The van der Waals surface area contributed by atoms with Crippen molar-refractivity contribution in [2.45, 2.75) is 26.1 Å². The van der Waals surface area contributed by atoms with Crippen molar-refractivity contribution in [2.24, 2.45) is 0 Å². The molecule has 6 nitrogen and oxygen atoms in total. The molecule has 1 amide bonds. The third kappa shape index (κ3) is 4.32. The maximum Gasteiger partial charge on any atom is 0.237 e. The summed E-state index contributed by atoms with van der Waals surface area (Å²) in [6, 6.07) is 7.02. The number of furan rings is 1. The summed E-state index contributed by atoms with van der Waals surface area (Å²) < 4.78 is 10.3. The first-order valence-electron chi connectivity index (χ1n) is 6.72. The van der Waals surface area contributed by atoms with Gasteiger partial charge in [-0.2, -0.15) is 0 Å². The van der Waals surface area contributed by atoms with Crippen molar-refractivity contribution >= 4 is 5.91 Å². The smallest absolute Gasteiger partial charge is 0.237 e. The van der Waals surface area contributed by atoms with Gasteiger partial charge in [-0.1, -0.05) is 6.07 Å². The molecule has 0 fully saturated rings. The molecule has 0 aliphatic carbocycles. The van der Waals surface area contributed by atoms with Gasteiger partial charge in [-0.15, -0.1) is 0 Å². The molecular weight excluding hydrogens is 270 g/mol. The minimum absolute atomic E-state index is 0.0887. The monoisotopic (exact) mass is 289 g/mol. The van der Waals surface area contributed by atoms with Gasteiger partial charge in [0.15, 0.2) is 0 Å². The average Bonchev–Trinajstić information content (AvgIpc) is 3.03. The SMILES string of the molecule is COc1ncccc1CNC(C)C(=O)NCc1ccco1. The molecule has 2 rings (SSSR count). The molecule has 21 heavy (non-hydrogen) atoms. The number of ether oxygens (including phenoxy) is 1. The van der Waals surface area contributed by atoms with Gasteiger partial charge in [-0.3, -0.25) is 4.79 Å². The van der Waals surface area contributed by atoms with Crippen LogP contribution in [0.4, 0.5) is 0 Å². The van der Waals surface area contributed by atoms with E-state index in [0.717, 1.165) is 11.3 Å². The van der Waals surface area contributed by atoms with Crippen molar-refractivity contribution in [3.8, 4) is 5.88 Å². The minimum atomic E-state index is -0.329. The zero-order chi connectivity index (χ0) is 15.1. The fourth-order valence-corrected chi connectivity index (χ4v) is 1.84. The highest BCUT2D eigenvalue weighted by Crippen LogP contribution is 2.13. The fourth-order valence-electron chi connectivity index (χ4n) is 1.84. The summed E-state index contributed by atoms with van der Waals surface area (Å²) in [5.41, 5.74) is 0.908. The van der Waals surface area contributed by atoms with Gasteiger partial charge in [0.05, 0.1) is 26.0 Å². The zero-order valence-corrected chi connectivity index (χ0v) is 12.1. The summed E-state index contributed by atoms with van der Waals surface area (Å²) in [6.07, 6.45) is 3.25. The van der Waals surface area contributed by atoms with Gasteiger partial charge in [0.25, 0.3) is 0 Å². The van der Waals surface area contributed by atoms with E-state index >= 15 is 0 Å².